The summed E-state index contributed by atoms with van der Waals surface area (Å²) in [6.45, 7) is 3.64. The maximum atomic E-state index is 12.3. The van der Waals surface area contributed by atoms with Crippen molar-refractivity contribution in [3.05, 3.63) is 24.3 Å². The quantitative estimate of drug-likeness (QED) is 0.0300. The Hall–Kier alpha value is -1.47. The number of ether oxygens (including phenoxy) is 2. The molecule has 0 aromatic heterocycles. The van der Waals surface area contributed by atoms with Gasteiger partial charge < -0.3 is 19.3 Å². The predicted molar refractivity (Wildman–Crippen MR) is 189 cm³/mol. The molecule has 1 atom stereocenters. The van der Waals surface area contributed by atoms with Crippen LogP contribution in [0.3, 0.4) is 0 Å². The lowest BCUT2D eigenvalue weighted by molar-refractivity contribution is -0.161. The van der Waals surface area contributed by atoms with Gasteiger partial charge in [0.2, 0.25) is 0 Å². The Morgan fingerprint density at radius 3 is 1.46 bits per heavy atom. The highest BCUT2D eigenvalue weighted by Crippen LogP contribution is 2.36. The van der Waals surface area contributed by atoms with Crippen molar-refractivity contribution in [3.63, 3.8) is 0 Å². The van der Waals surface area contributed by atoms with Crippen LogP contribution in [0, 0.1) is 0 Å². The second-order valence-electron chi connectivity index (χ2n) is 12.6. The summed E-state index contributed by atoms with van der Waals surface area (Å²) < 4.78 is 26.3. The van der Waals surface area contributed by atoms with Crippen LogP contribution in [-0.2, 0) is 28.2 Å². The van der Waals surface area contributed by atoms with Crippen molar-refractivity contribution in [2.45, 2.75) is 187 Å². The van der Waals surface area contributed by atoms with E-state index in [0.717, 1.165) is 57.8 Å². The number of hydrogen-bond acceptors (Lipinski definition) is 6. The SMILES string of the molecule is CCCCCC/C=C\C/C=C\CCCCCCCC(=O)OC(COC(=O)CCCCCCCCCCCCCC)COP(=O)(O)O. The first-order valence-electron chi connectivity index (χ1n) is 18.6. The van der Waals surface area contributed by atoms with Crippen molar-refractivity contribution in [2.24, 2.45) is 0 Å². The van der Waals surface area contributed by atoms with Crippen LogP contribution in [0.25, 0.3) is 0 Å². The highest BCUT2D eigenvalue weighted by molar-refractivity contribution is 7.46. The minimum Gasteiger partial charge on any atom is -0.462 e. The van der Waals surface area contributed by atoms with Crippen LogP contribution < -0.4 is 0 Å². The van der Waals surface area contributed by atoms with Crippen molar-refractivity contribution in [1.29, 1.82) is 0 Å². The van der Waals surface area contributed by atoms with Gasteiger partial charge in [-0.1, -0.05) is 147 Å². The Balaban J connectivity index is 3.99. The lowest BCUT2D eigenvalue weighted by Crippen LogP contribution is -2.29. The van der Waals surface area contributed by atoms with Crippen LogP contribution in [0.2, 0.25) is 0 Å². The molecule has 0 aromatic carbocycles. The molecule has 0 amide bonds. The molecule has 0 heterocycles. The molecule has 0 spiro atoms. The van der Waals surface area contributed by atoms with Crippen molar-refractivity contribution < 1.29 is 37.9 Å². The summed E-state index contributed by atoms with van der Waals surface area (Å²) in [7, 11) is -4.75. The van der Waals surface area contributed by atoms with Gasteiger partial charge in [0.25, 0.3) is 0 Å². The van der Waals surface area contributed by atoms with Crippen molar-refractivity contribution in [2.75, 3.05) is 13.2 Å². The van der Waals surface area contributed by atoms with Crippen LogP contribution in [0.15, 0.2) is 24.3 Å². The smallest absolute Gasteiger partial charge is 0.462 e. The molecule has 0 saturated carbocycles. The fraction of sp³-hybridized carbons (Fsp3) is 0.838. The molecule has 0 aromatic rings. The lowest BCUT2D eigenvalue weighted by atomic mass is 10.0. The summed E-state index contributed by atoms with van der Waals surface area (Å²) >= 11 is 0. The number of carbonyl (C=O) groups excluding carboxylic acids is 2. The molecule has 270 valence electrons. The summed E-state index contributed by atoms with van der Waals surface area (Å²) in [5, 5.41) is 0. The zero-order valence-electron chi connectivity index (χ0n) is 29.5. The molecule has 8 nitrogen and oxygen atoms in total. The van der Waals surface area contributed by atoms with Crippen molar-refractivity contribution in [1.82, 2.24) is 0 Å². The Labute approximate surface area is 281 Å². The number of esters is 2. The molecule has 0 aliphatic carbocycles. The van der Waals surface area contributed by atoms with Gasteiger partial charge in [0, 0.05) is 12.8 Å². The van der Waals surface area contributed by atoms with Gasteiger partial charge >= 0.3 is 19.8 Å². The van der Waals surface area contributed by atoms with E-state index < -0.39 is 32.5 Å². The number of unbranched alkanes of at least 4 members (excludes halogenated alkanes) is 20. The lowest BCUT2D eigenvalue weighted by Gasteiger charge is -2.18. The topological polar surface area (TPSA) is 119 Å². The van der Waals surface area contributed by atoms with E-state index in [2.05, 4.69) is 42.7 Å². The first-order chi connectivity index (χ1) is 22.3. The second-order valence-corrected chi connectivity index (χ2v) is 13.8. The van der Waals surface area contributed by atoms with Crippen LogP contribution in [0.4, 0.5) is 0 Å². The fourth-order valence-corrected chi connectivity index (χ4v) is 5.53. The van der Waals surface area contributed by atoms with Gasteiger partial charge in [-0.3, -0.25) is 14.1 Å². The minimum absolute atomic E-state index is 0.198. The van der Waals surface area contributed by atoms with Gasteiger partial charge in [0.1, 0.15) is 6.61 Å². The van der Waals surface area contributed by atoms with E-state index in [1.54, 1.807) is 0 Å². The number of phosphoric ester groups is 1. The molecule has 2 N–H and O–H groups in total. The zero-order valence-corrected chi connectivity index (χ0v) is 30.4. The third kappa shape index (κ3) is 35.4. The highest BCUT2D eigenvalue weighted by Gasteiger charge is 2.22. The molecule has 0 bridgehead atoms. The maximum Gasteiger partial charge on any atom is 0.469 e. The molecule has 0 saturated heterocycles. The molecule has 0 aliphatic heterocycles. The van der Waals surface area contributed by atoms with E-state index in [-0.39, 0.29) is 19.4 Å². The number of carbonyl (C=O) groups is 2. The standard InChI is InChI=1S/C37H69O8P/c1-3-5-7-9-11-13-15-17-18-19-20-22-24-26-28-30-32-37(39)45-35(34-44-46(40,41)42)33-43-36(38)31-29-27-25-23-21-16-14-12-10-8-6-4-2/h13,15,18-19,35H,3-12,14,16-17,20-34H2,1-2H3,(H2,40,41,42)/b15-13-,19-18-. The average Bonchev–Trinajstić information content (AvgIpc) is 3.02. The Bertz CT molecular complexity index is 807. The van der Waals surface area contributed by atoms with Crippen molar-refractivity contribution >= 4 is 19.8 Å². The minimum atomic E-state index is -4.75. The molecule has 9 heteroatoms. The van der Waals surface area contributed by atoms with E-state index in [4.69, 9.17) is 19.3 Å². The molecule has 0 rings (SSSR count). The monoisotopic (exact) mass is 672 g/mol. The van der Waals surface area contributed by atoms with Crippen LogP contribution >= 0.6 is 7.82 Å². The van der Waals surface area contributed by atoms with Crippen LogP contribution in [0.5, 0.6) is 0 Å². The molecule has 0 fully saturated rings. The number of rotatable bonds is 34. The average molecular weight is 673 g/mol. The normalized spacial score (nSPS) is 12.7. The largest absolute Gasteiger partial charge is 0.469 e. The molecule has 1 unspecified atom stereocenters. The third-order valence-corrected chi connectivity index (χ3v) is 8.46. The first-order valence-corrected chi connectivity index (χ1v) is 20.2. The summed E-state index contributed by atoms with van der Waals surface area (Å²) in [4.78, 5) is 42.6. The Kier molecular flexibility index (Phi) is 32.4. The molecule has 46 heavy (non-hydrogen) atoms. The zero-order chi connectivity index (χ0) is 34.0. The van der Waals surface area contributed by atoms with Crippen LogP contribution in [-0.4, -0.2) is 41.0 Å². The number of hydrogen-bond donors (Lipinski definition) is 2. The van der Waals surface area contributed by atoms with Gasteiger partial charge in [-0.05, 0) is 44.9 Å². The predicted octanol–water partition coefficient (Wildman–Crippen LogP) is 10.8. The molecular formula is C37H69O8P. The number of phosphoric acid groups is 1. The Morgan fingerprint density at radius 2 is 0.978 bits per heavy atom. The molecule has 0 aliphatic rings. The highest BCUT2D eigenvalue weighted by atomic mass is 31.2. The van der Waals surface area contributed by atoms with E-state index in [0.29, 0.717) is 6.42 Å². The van der Waals surface area contributed by atoms with Gasteiger partial charge in [0.15, 0.2) is 6.10 Å². The van der Waals surface area contributed by atoms with Crippen molar-refractivity contribution in [3.8, 4) is 0 Å². The van der Waals surface area contributed by atoms with E-state index in [9.17, 15) is 14.2 Å². The maximum absolute atomic E-state index is 12.3. The first kappa shape index (κ1) is 44.5. The number of allylic oxidation sites excluding steroid dienone is 4. The second kappa shape index (κ2) is 33.4. The molecule has 0 radical (unpaired) electrons. The fourth-order valence-electron chi connectivity index (χ4n) is 5.17. The van der Waals surface area contributed by atoms with Crippen LogP contribution in [0.1, 0.15) is 181 Å². The van der Waals surface area contributed by atoms with E-state index >= 15 is 0 Å². The van der Waals surface area contributed by atoms with Gasteiger partial charge in [-0.2, -0.15) is 0 Å². The van der Waals surface area contributed by atoms with E-state index in [1.807, 2.05) is 0 Å². The van der Waals surface area contributed by atoms with E-state index in [1.165, 1.54) is 89.9 Å². The molecular weight excluding hydrogens is 603 g/mol. The Morgan fingerprint density at radius 1 is 0.565 bits per heavy atom. The van der Waals surface area contributed by atoms with Gasteiger partial charge in [-0.25, -0.2) is 4.57 Å². The summed E-state index contributed by atoms with van der Waals surface area (Å²) in [5.74, 6) is -0.897. The summed E-state index contributed by atoms with van der Waals surface area (Å²) in [5.41, 5.74) is 0. The summed E-state index contributed by atoms with van der Waals surface area (Å²) in [6, 6.07) is 0. The third-order valence-electron chi connectivity index (χ3n) is 7.97. The van der Waals surface area contributed by atoms with Gasteiger partial charge in [-0.15, -0.1) is 0 Å². The summed E-state index contributed by atoms with van der Waals surface area (Å²) in [6.07, 6.45) is 36.1. The van der Waals surface area contributed by atoms with Gasteiger partial charge in [0.05, 0.1) is 6.61 Å².